The van der Waals surface area contributed by atoms with Crippen LogP contribution >= 0.6 is 0 Å². The van der Waals surface area contributed by atoms with Crippen LogP contribution in [0.25, 0.3) is 71.7 Å². The second-order valence-electron chi connectivity index (χ2n) is 16.7. The zero-order chi connectivity index (χ0) is 36.7. The monoisotopic (exact) mass is 699 g/mol. The number of nitrogens with zero attached hydrogens (tertiary/aromatic N) is 5. The lowest BCUT2D eigenvalue weighted by atomic mass is 9.81. The first-order valence-electron chi connectivity index (χ1n) is 19.0. The minimum atomic E-state index is -0.346. The van der Waals surface area contributed by atoms with Crippen molar-refractivity contribution in [1.29, 1.82) is 0 Å². The van der Waals surface area contributed by atoms with Crippen molar-refractivity contribution in [1.82, 2.24) is 19.1 Å². The summed E-state index contributed by atoms with van der Waals surface area (Å²) in [6.45, 7) is 14.1. The number of para-hydroxylation sites is 3. The molecule has 54 heavy (non-hydrogen) atoms. The number of rotatable bonds is 3. The summed E-state index contributed by atoms with van der Waals surface area (Å²) in [6.07, 6.45) is 0. The van der Waals surface area contributed by atoms with E-state index in [1.54, 1.807) is 0 Å². The number of benzene rings is 6. The van der Waals surface area contributed by atoms with Crippen LogP contribution in [-0.4, -0.2) is 24.6 Å². The van der Waals surface area contributed by atoms with Crippen LogP contribution in [-0.2, 0) is 11.0 Å². The van der Waals surface area contributed by atoms with Gasteiger partial charge in [-0.05, 0) is 105 Å². The third kappa shape index (κ3) is 3.94. The summed E-state index contributed by atoms with van der Waals surface area (Å²) in [5, 5.41) is 4.71. The third-order valence-electron chi connectivity index (χ3n) is 13.1. The first kappa shape index (κ1) is 31.3. The molecule has 0 fully saturated rings. The van der Waals surface area contributed by atoms with Gasteiger partial charge in [-0.25, -0.2) is 9.97 Å². The molecule has 0 bridgehead atoms. The highest BCUT2D eigenvalue weighted by atomic mass is 15.4. The molecular weight excluding hydrogens is 659 g/mol. The fourth-order valence-electron chi connectivity index (χ4n) is 9.69. The standard InChI is InChI=1S/C49H41N5/c1-47(2)38-21-13-10-18-33(38)36-27-31-28-44-53(43(31)29-39(36)47)48(3,4)49(5,6)54(44)46-50-40-22-14-11-20-35(40)45(51-46)30-24-25-42-37(26-30)34-19-12-15-23-41(34)52(42)32-16-8-7-9-17-32/h7-29H,1-6H3. The highest BCUT2D eigenvalue weighted by Gasteiger charge is 2.53. The van der Waals surface area contributed by atoms with Gasteiger partial charge in [-0.2, -0.15) is 0 Å². The van der Waals surface area contributed by atoms with Gasteiger partial charge in [0.15, 0.2) is 0 Å². The van der Waals surface area contributed by atoms with Crippen LogP contribution in [0.15, 0.2) is 140 Å². The molecule has 6 aromatic carbocycles. The molecule has 0 spiro atoms. The fraction of sp³-hybridized carbons (Fsp3) is 0.184. The van der Waals surface area contributed by atoms with Gasteiger partial charge in [0.1, 0.15) is 5.82 Å². The van der Waals surface area contributed by atoms with E-state index < -0.39 is 0 Å². The summed E-state index contributed by atoms with van der Waals surface area (Å²) in [4.78, 5) is 13.3. The molecule has 4 heterocycles. The van der Waals surface area contributed by atoms with E-state index in [0.29, 0.717) is 5.95 Å². The Hall–Kier alpha value is -6.20. The molecule has 0 amide bonds. The summed E-state index contributed by atoms with van der Waals surface area (Å²) >= 11 is 0. The van der Waals surface area contributed by atoms with Gasteiger partial charge in [-0.15, -0.1) is 0 Å². The molecular formula is C49H41N5. The van der Waals surface area contributed by atoms with Crippen LogP contribution in [0.3, 0.4) is 0 Å². The maximum Gasteiger partial charge on any atom is 0.232 e. The molecule has 2 aliphatic rings. The molecule has 5 heteroatoms. The average Bonchev–Trinajstić information content (AvgIpc) is 3.83. The highest BCUT2D eigenvalue weighted by molar-refractivity contribution is 6.11. The van der Waals surface area contributed by atoms with E-state index in [-0.39, 0.29) is 16.5 Å². The Morgan fingerprint density at radius 2 is 1.20 bits per heavy atom. The van der Waals surface area contributed by atoms with Crippen LogP contribution < -0.4 is 4.90 Å². The molecule has 9 aromatic rings. The summed E-state index contributed by atoms with van der Waals surface area (Å²) in [7, 11) is 0. The van der Waals surface area contributed by atoms with Gasteiger partial charge in [0.25, 0.3) is 0 Å². The highest BCUT2D eigenvalue weighted by Crippen LogP contribution is 2.55. The molecule has 5 nitrogen and oxygen atoms in total. The second-order valence-corrected chi connectivity index (χ2v) is 16.7. The van der Waals surface area contributed by atoms with Crippen LogP contribution in [0.2, 0.25) is 0 Å². The van der Waals surface area contributed by atoms with Gasteiger partial charge in [0.05, 0.1) is 38.8 Å². The predicted octanol–water partition coefficient (Wildman–Crippen LogP) is 12.3. The molecule has 0 N–H and O–H groups in total. The first-order chi connectivity index (χ1) is 26.1. The van der Waals surface area contributed by atoms with Crippen molar-refractivity contribution < 1.29 is 0 Å². The van der Waals surface area contributed by atoms with E-state index in [4.69, 9.17) is 9.97 Å². The van der Waals surface area contributed by atoms with E-state index in [1.165, 1.54) is 55.0 Å². The predicted molar refractivity (Wildman–Crippen MR) is 224 cm³/mol. The van der Waals surface area contributed by atoms with Gasteiger partial charge < -0.3 is 9.13 Å². The van der Waals surface area contributed by atoms with Gasteiger partial charge in [0.2, 0.25) is 5.95 Å². The van der Waals surface area contributed by atoms with Gasteiger partial charge in [-0.1, -0.05) is 98.8 Å². The Bertz CT molecular complexity index is 3030. The lowest BCUT2D eigenvalue weighted by molar-refractivity contribution is 0.251. The van der Waals surface area contributed by atoms with E-state index >= 15 is 0 Å². The first-order valence-corrected chi connectivity index (χ1v) is 19.0. The van der Waals surface area contributed by atoms with Crippen molar-refractivity contribution >= 4 is 55.4 Å². The van der Waals surface area contributed by atoms with Crippen molar-refractivity contribution in [2.24, 2.45) is 0 Å². The Morgan fingerprint density at radius 1 is 0.500 bits per heavy atom. The molecule has 0 atom stereocenters. The quantitative estimate of drug-likeness (QED) is 0.184. The molecule has 0 saturated carbocycles. The molecule has 1 aliphatic heterocycles. The van der Waals surface area contributed by atoms with Crippen LogP contribution in [0.1, 0.15) is 52.7 Å². The second kappa shape index (κ2) is 10.5. The topological polar surface area (TPSA) is 38.9 Å². The van der Waals surface area contributed by atoms with Gasteiger partial charge in [-0.3, -0.25) is 4.90 Å². The summed E-state index contributed by atoms with van der Waals surface area (Å²) in [6, 6.07) is 50.7. The van der Waals surface area contributed by atoms with Gasteiger partial charge in [0, 0.05) is 38.2 Å². The Morgan fingerprint density at radius 3 is 2.04 bits per heavy atom. The normalized spacial score (nSPS) is 16.4. The summed E-state index contributed by atoms with van der Waals surface area (Å²) in [5.74, 6) is 1.84. The number of anilines is 2. The lowest BCUT2D eigenvalue weighted by Crippen LogP contribution is -2.51. The van der Waals surface area contributed by atoms with E-state index in [1.807, 2.05) is 0 Å². The Kier molecular flexibility index (Phi) is 6.08. The molecule has 0 saturated heterocycles. The minimum Gasteiger partial charge on any atom is -0.319 e. The number of aromatic nitrogens is 4. The lowest BCUT2D eigenvalue weighted by Gasteiger charge is -2.41. The van der Waals surface area contributed by atoms with E-state index in [9.17, 15) is 0 Å². The maximum absolute atomic E-state index is 5.55. The Labute approximate surface area is 315 Å². The van der Waals surface area contributed by atoms with Crippen molar-refractivity contribution in [2.75, 3.05) is 4.90 Å². The van der Waals surface area contributed by atoms with Gasteiger partial charge >= 0.3 is 0 Å². The maximum atomic E-state index is 5.55. The summed E-state index contributed by atoms with van der Waals surface area (Å²) in [5.41, 5.74) is 12.5. The van der Waals surface area contributed by atoms with E-state index in [0.717, 1.165) is 33.7 Å². The third-order valence-corrected chi connectivity index (χ3v) is 13.1. The number of fused-ring (bicyclic) bond motifs is 10. The van der Waals surface area contributed by atoms with Crippen LogP contribution in [0, 0.1) is 0 Å². The SMILES string of the molecule is CC1(C)c2ccccc2-c2cc3cc4n(c3cc21)C(C)(C)C(C)(C)N4c1nc(-c2ccc3c(c2)c2ccccc2n3-c2ccccc2)c2ccccc2n1. The molecule has 0 unspecified atom stereocenters. The zero-order valence-electron chi connectivity index (χ0n) is 31.5. The molecule has 11 rings (SSSR count). The zero-order valence-corrected chi connectivity index (χ0v) is 31.5. The number of hydrogen-bond acceptors (Lipinski definition) is 3. The molecule has 262 valence electrons. The largest absolute Gasteiger partial charge is 0.319 e. The minimum absolute atomic E-state index is 0.0758. The van der Waals surface area contributed by atoms with Crippen LogP contribution in [0.5, 0.6) is 0 Å². The Balaban J connectivity index is 1.13. The smallest absolute Gasteiger partial charge is 0.232 e. The van der Waals surface area contributed by atoms with Crippen molar-refractivity contribution in [3.63, 3.8) is 0 Å². The number of hydrogen-bond donors (Lipinski definition) is 0. The average molecular weight is 700 g/mol. The molecule has 0 radical (unpaired) electrons. The van der Waals surface area contributed by atoms with Crippen molar-refractivity contribution in [3.8, 4) is 28.1 Å². The van der Waals surface area contributed by atoms with Crippen molar-refractivity contribution in [3.05, 3.63) is 151 Å². The van der Waals surface area contributed by atoms with E-state index in [2.05, 4.69) is 195 Å². The molecule has 1 aliphatic carbocycles. The fourth-order valence-corrected chi connectivity index (χ4v) is 9.69. The molecule has 3 aromatic heterocycles. The summed E-state index contributed by atoms with van der Waals surface area (Å²) < 4.78 is 4.91. The van der Waals surface area contributed by atoms with Crippen molar-refractivity contribution in [2.45, 2.75) is 58.0 Å². The van der Waals surface area contributed by atoms with Crippen LogP contribution in [0.4, 0.5) is 11.8 Å².